The maximum absolute atomic E-state index is 12.7. The minimum Gasteiger partial charge on any atom is -0.342 e. The molecule has 0 N–H and O–H groups in total. The molecule has 1 aliphatic heterocycles. The van der Waals surface area contributed by atoms with Gasteiger partial charge in [-0.3, -0.25) is 14.6 Å². The van der Waals surface area contributed by atoms with Gasteiger partial charge < -0.3 is 9.80 Å². The molecule has 5 heteroatoms. The monoisotopic (exact) mass is 405 g/mol. The van der Waals surface area contributed by atoms with E-state index in [1.807, 2.05) is 37.4 Å². The van der Waals surface area contributed by atoms with E-state index in [1.54, 1.807) is 11.1 Å². The first-order valence-corrected chi connectivity index (χ1v) is 11.1. The molecule has 2 amide bonds. The summed E-state index contributed by atoms with van der Waals surface area (Å²) < 4.78 is 0. The van der Waals surface area contributed by atoms with Gasteiger partial charge in [-0.15, -0.1) is 0 Å². The maximum Gasteiger partial charge on any atom is 0.253 e. The summed E-state index contributed by atoms with van der Waals surface area (Å²) in [7, 11) is 1.84. The summed E-state index contributed by atoms with van der Waals surface area (Å²) in [5.41, 5.74) is 3.00. The molecule has 2 aliphatic rings. The molecular weight excluding hydrogens is 374 g/mol. The highest BCUT2D eigenvalue weighted by atomic mass is 16.2. The molecule has 30 heavy (non-hydrogen) atoms. The standard InChI is InChI=1S/C25H31N3O2/c1-27(15-13-23-4-2-3-14-26-23)24(29)21-7-5-19(6-8-21)18-20-11-16-28(17-12-20)25(30)22-9-10-22/h2-8,14,20,22H,9-13,15-18H2,1H3. The normalized spacial score (nSPS) is 17.0. The zero-order chi connectivity index (χ0) is 20.9. The minimum absolute atomic E-state index is 0.0457. The van der Waals surface area contributed by atoms with Crippen molar-refractivity contribution in [3.8, 4) is 0 Å². The number of nitrogens with zero attached hydrogens (tertiary/aromatic N) is 3. The molecule has 2 aromatic rings. The first kappa shape index (κ1) is 20.6. The quantitative estimate of drug-likeness (QED) is 0.707. The number of benzene rings is 1. The van der Waals surface area contributed by atoms with E-state index < -0.39 is 0 Å². The fraction of sp³-hybridized carbons (Fsp3) is 0.480. The lowest BCUT2D eigenvalue weighted by molar-refractivity contribution is -0.133. The van der Waals surface area contributed by atoms with Crippen LogP contribution in [0.3, 0.4) is 0 Å². The van der Waals surface area contributed by atoms with E-state index in [0.29, 0.717) is 24.3 Å². The number of amides is 2. The van der Waals surface area contributed by atoms with Crippen LogP contribution in [-0.2, 0) is 17.6 Å². The Morgan fingerprint density at radius 3 is 2.40 bits per heavy atom. The number of pyridine rings is 1. The molecule has 1 aliphatic carbocycles. The minimum atomic E-state index is 0.0457. The summed E-state index contributed by atoms with van der Waals surface area (Å²) in [4.78, 5) is 33.0. The zero-order valence-electron chi connectivity index (χ0n) is 17.8. The van der Waals surface area contributed by atoms with Gasteiger partial charge in [-0.05, 0) is 67.9 Å². The molecule has 0 spiro atoms. The number of likely N-dealkylation sites (tertiary alicyclic amines) is 1. The third kappa shape index (κ3) is 5.26. The van der Waals surface area contributed by atoms with Crippen LogP contribution in [0.2, 0.25) is 0 Å². The highest BCUT2D eigenvalue weighted by Crippen LogP contribution is 2.33. The van der Waals surface area contributed by atoms with Crippen LogP contribution in [0.4, 0.5) is 0 Å². The summed E-state index contributed by atoms with van der Waals surface area (Å²) >= 11 is 0. The molecule has 0 unspecified atom stereocenters. The van der Waals surface area contributed by atoms with Gasteiger partial charge in [0.15, 0.2) is 0 Å². The van der Waals surface area contributed by atoms with Crippen LogP contribution in [0, 0.1) is 11.8 Å². The van der Waals surface area contributed by atoms with Crippen molar-refractivity contribution in [2.24, 2.45) is 11.8 Å². The van der Waals surface area contributed by atoms with Crippen LogP contribution in [0.25, 0.3) is 0 Å². The van der Waals surface area contributed by atoms with Crippen LogP contribution in [0.1, 0.15) is 47.3 Å². The second-order valence-electron chi connectivity index (χ2n) is 8.74. The van der Waals surface area contributed by atoms with Crippen molar-refractivity contribution in [3.05, 3.63) is 65.5 Å². The van der Waals surface area contributed by atoms with Gasteiger partial charge in [0.1, 0.15) is 0 Å². The summed E-state index contributed by atoms with van der Waals surface area (Å²) in [5.74, 6) is 1.37. The molecule has 0 atom stereocenters. The molecule has 1 aromatic carbocycles. The van der Waals surface area contributed by atoms with Crippen molar-refractivity contribution in [1.29, 1.82) is 0 Å². The summed E-state index contributed by atoms with van der Waals surface area (Å²) in [5, 5.41) is 0. The molecule has 1 saturated carbocycles. The van der Waals surface area contributed by atoms with Gasteiger partial charge in [0.25, 0.3) is 5.91 Å². The number of hydrogen-bond donors (Lipinski definition) is 0. The molecule has 2 heterocycles. The van der Waals surface area contributed by atoms with Crippen LogP contribution in [0.15, 0.2) is 48.7 Å². The molecule has 1 aromatic heterocycles. The third-order valence-electron chi connectivity index (χ3n) is 6.35. The average molecular weight is 406 g/mol. The van der Waals surface area contributed by atoms with Crippen LogP contribution >= 0.6 is 0 Å². The second kappa shape index (κ2) is 9.41. The first-order valence-electron chi connectivity index (χ1n) is 11.1. The SMILES string of the molecule is CN(CCc1ccccn1)C(=O)c1ccc(CC2CCN(C(=O)C3CC3)CC2)cc1. The fourth-order valence-corrected chi connectivity index (χ4v) is 4.21. The van der Waals surface area contributed by atoms with E-state index in [1.165, 1.54) is 5.56 Å². The van der Waals surface area contributed by atoms with Gasteiger partial charge in [0.05, 0.1) is 0 Å². The lowest BCUT2D eigenvalue weighted by atomic mass is 9.89. The topological polar surface area (TPSA) is 53.5 Å². The van der Waals surface area contributed by atoms with E-state index in [-0.39, 0.29) is 5.91 Å². The molecule has 0 bridgehead atoms. The lowest BCUT2D eigenvalue weighted by Crippen LogP contribution is -2.39. The van der Waals surface area contributed by atoms with Crippen molar-refractivity contribution in [3.63, 3.8) is 0 Å². The number of aromatic nitrogens is 1. The van der Waals surface area contributed by atoms with Gasteiger partial charge >= 0.3 is 0 Å². The van der Waals surface area contributed by atoms with Crippen molar-refractivity contribution in [1.82, 2.24) is 14.8 Å². The van der Waals surface area contributed by atoms with E-state index in [9.17, 15) is 9.59 Å². The van der Waals surface area contributed by atoms with E-state index in [2.05, 4.69) is 22.0 Å². The Bertz CT molecular complexity index is 854. The van der Waals surface area contributed by atoms with E-state index in [0.717, 1.165) is 62.9 Å². The van der Waals surface area contributed by atoms with Crippen LogP contribution in [0.5, 0.6) is 0 Å². The Morgan fingerprint density at radius 2 is 1.77 bits per heavy atom. The molecule has 5 nitrogen and oxygen atoms in total. The number of carbonyl (C=O) groups excluding carboxylic acids is 2. The second-order valence-corrected chi connectivity index (χ2v) is 8.74. The van der Waals surface area contributed by atoms with Crippen molar-refractivity contribution >= 4 is 11.8 Å². The van der Waals surface area contributed by atoms with Gasteiger partial charge in [-0.2, -0.15) is 0 Å². The Hall–Kier alpha value is -2.69. The Balaban J connectivity index is 1.24. The lowest BCUT2D eigenvalue weighted by Gasteiger charge is -2.32. The van der Waals surface area contributed by atoms with Crippen molar-refractivity contribution in [2.45, 2.75) is 38.5 Å². The number of hydrogen-bond acceptors (Lipinski definition) is 3. The molecule has 0 radical (unpaired) electrons. The summed E-state index contributed by atoms with van der Waals surface area (Å²) in [6.45, 7) is 2.45. The molecular formula is C25H31N3O2. The third-order valence-corrected chi connectivity index (χ3v) is 6.35. The molecule has 4 rings (SSSR count). The van der Waals surface area contributed by atoms with Crippen LogP contribution in [-0.4, -0.2) is 53.3 Å². The zero-order valence-corrected chi connectivity index (χ0v) is 17.8. The Morgan fingerprint density at radius 1 is 1.03 bits per heavy atom. The molecule has 1 saturated heterocycles. The van der Waals surface area contributed by atoms with E-state index in [4.69, 9.17) is 0 Å². The number of likely N-dealkylation sites (N-methyl/N-ethyl adjacent to an activating group) is 1. The van der Waals surface area contributed by atoms with Crippen molar-refractivity contribution in [2.75, 3.05) is 26.7 Å². The predicted octanol–water partition coefficient (Wildman–Crippen LogP) is 3.59. The molecule has 158 valence electrons. The predicted molar refractivity (Wildman–Crippen MR) is 117 cm³/mol. The van der Waals surface area contributed by atoms with Crippen molar-refractivity contribution < 1.29 is 9.59 Å². The fourth-order valence-electron chi connectivity index (χ4n) is 4.21. The highest BCUT2D eigenvalue weighted by Gasteiger charge is 2.34. The largest absolute Gasteiger partial charge is 0.342 e. The van der Waals surface area contributed by atoms with Gasteiger partial charge in [0.2, 0.25) is 5.91 Å². The summed E-state index contributed by atoms with van der Waals surface area (Å²) in [6.07, 6.45) is 7.89. The van der Waals surface area contributed by atoms with Gasteiger partial charge in [0, 0.05) is 56.5 Å². The first-order chi connectivity index (χ1) is 14.6. The Kier molecular flexibility index (Phi) is 6.46. The highest BCUT2D eigenvalue weighted by molar-refractivity contribution is 5.94. The van der Waals surface area contributed by atoms with Gasteiger partial charge in [-0.1, -0.05) is 18.2 Å². The smallest absolute Gasteiger partial charge is 0.253 e. The maximum atomic E-state index is 12.7. The summed E-state index contributed by atoms with van der Waals surface area (Å²) in [6, 6.07) is 13.9. The Labute approximate surface area is 179 Å². The van der Waals surface area contributed by atoms with E-state index >= 15 is 0 Å². The number of piperidine rings is 1. The average Bonchev–Trinajstić information content (AvgIpc) is 3.64. The van der Waals surface area contributed by atoms with Gasteiger partial charge in [-0.25, -0.2) is 0 Å². The number of carbonyl (C=O) groups is 2. The number of rotatable bonds is 7. The van der Waals surface area contributed by atoms with Crippen LogP contribution < -0.4 is 0 Å². The molecule has 2 fully saturated rings.